The second-order valence-electron chi connectivity index (χ2n) is 5.79. The molecule has 2 rings (SSSR count). The Bertz CT molecular complexity index is 713. The van der Waals surface area contributed by atoms with Crippen LogP contribution >= 0.6 is 0 Å². The van der Waals surface area contributed by atoms with Crippen LogP contribution in [0.15, 0.2) is 48.5 Å². The van der Waals surface area contributed by atoms with Crippen LogP contribution in [0.2, 0.25) is 0 Å². The monoisotopic (exact) mass is 322 g/mol. The zero-order valence-corrected chi connectivity index (χ0v) is 14.3. The molecule has 2 aromatic rings. The van der Waals surface area contributed by atoms with E-state index >= 15 is 0 Å². The molecule has 4 heteroatoms. The Balaban J connectivity index is 2.16. The average Bonchev–Trinajstić information content (AvgIpc) is 2.60. The second-order valence-corrected chi connectivity index (χ2v) is 5.79. The Morgan fingerprint density at radius 3 is 2.25 bits per heavy atom. The second kappa shape index (κ2) is 8.16. The highest BCUT2D eigenvalue weighted by atomic mass is 16.5. The molecule has 4 nitrogen and oxygen atoms in total. The summed E-state index contributed by atoms with van der Waals surface area (Å²) in [5.41, 5.74) is 2.26. The number of nitriles is 1. The number of carbonyl (C=O) groups excluding carboxylic acids is 1. The van der Waals surface area contributed by atoms with Crippen molar-refractivity contribution in [2.75, 3.05) is 6.61 Å². The fourth-order valence-electron chi connectivity index (χ4n) is 2.40. The molecule has 0 spiro atoms. The molecule has 0 bridgehead atoms. The highest BCUT2D eigenvalue weighted by Gasteiger charge is 2.19. The molecule has 1 amide bonds. The normalized spacial score (nSPS) is 10.3. The van der Waals surface area contributed by atoms with Gasteiger partial charge in [-0.05, 0) is 62.7 Å². The van der Waals surface area contributed by atoms with E-state index in [0.29, 0.717) is 24.3 Å². The number of rotatable bonds is 6. The number of nitrogens with zero attached hydrogens (tertiary/aromatic N) is 2. The highest BCUT2D eigenvalue weighted by Crippen LogP contribution is 2.17. The van der Waals surface area contributed by atoms with Gasteiger partial charge in [0.05, 0.1) is 18.2 Å². The predicted octanol–water partition coefficient (Wildman–Crippen LogP) is 4.01. The van der Waals surface area contributed by atoms with Gasteiger partial charge in [0, 0.05) is 18.2 Å². The molecule has 2 aromatic carbocycles. The summed E-state index contributed by atoms with van der Waals surface area (Å²) in [6.45, 7) is 7.03. The number of benzene rings is 2. The molecule has 0 unspecified atom stereocenters. The minimum Gasteiger partial charge on any atom is -0.494 e. The average molecular weight is 322 g/mol. The lowest BCUT2D eigenvalue weighted by Gasteiger charge is -2.27. The molecule has 0 saturated heterocycles. The number of carbonyl (C=O) groups is 1. The van der Waals surface area contributed by atoms with Crippen LogP contribution in [0, 0.1) is 11.3 Å². The van der Waals surface area contributed by atoms with Crippen LogP contribution in [-0.4, -0.2) is 23.5 Å². The molecule has 0 N–H and O–H groups in total. The van der Waals surface area contributed by atoms with E-state index in [2.05, 4.69) is 6.07 Å². The molecule has 0 radical (unpaired) electrons. The maximum Gasteiger partial charge on any atom is 0.254 e. The van der Waals surface area contributed by atoms with Crippen molar-refractivity contribution in [3.05, 3.63) is 65.2 Å². The summed E-state index contributed by atoms with van der Waals surface area (Å²) in [5, 5.41) is 8.87. The molecule has 24 heavy (non-hydrogen) atoms. The minimum atomic E-state index is -0.0163. The van der Waals surface area contributed by atoms with Gasteiger partial charge in [0.1, 0.15) is 5.75 Å². The van der Waals surface area contributed by atoms with E-state index in [-0.39, 0.29) is 11.9 Å². The van der Waals surface area contributed by atoms with E-state index in [4.69, 9.17) is 10.00 Å². The molecular formula is C20H22N2O2. The number of hydrogen-bond acceptors (Lipinski definition) is 3. The van der Waals surface area contributed by atoms with Crippen molar-refractivity contribution in [3.63, 3.8) is 0 Å². The lowest BCUT2D eigenvalue weighted by Crippen LogP contribution is -2.36. The van der Waals surface area contributed by atoms with Gasteiger partial charge in [0.25, 0.3) is 5.91 Å². The van der Waals surface area contributed by atoms with Gasteiger partial charge in [-0.1, -0.05) is 12.1 Å². The van der Waals surface area contributed by atoms with Crippen LogP contribution < -0.4 is 4.74 Å². The number of ether oxygens (including phenoxy) is 1. The van der Waals surface area contributed by atoms with Crippen LogP contribution in [0.25, 0.3) is 0 Å². The van der Waals surface area contributed by atoms with Gasteiger partial charge >= 0.3 is 0 Å². The molecule has 0 aliphatic heterocycles. The minimum absolute atomic E-state index is 0.0163. The Hall–Kier alpha value is -2.80. The molecule has 0 aliphatic rings. The quantitative estimate of drug-likeness (QED) is 0.807. The molecule has 0 atom stereocenters. The van der Waals surface area contributed by atoms with Crippen LogP contribution in [0.1, 0.15) is 42.3 Å². The van der Waals surface area contributed by atoms with Gasteiger partial charge < -0.3 is 9.64 Å². The predicted molar refractivity (Wildman–Crippen MR) is 93.8 cm³/mol. The van der Waals surface area contributed by atoms with Crippen molar-refractivity contribution in [2.45, 2.75) is 33.4 Å². The van der Waals surface area contributed by atoms with Crippen molar-refractivity contribution in [3.8, 4) is 11.8 Å². The van der Waals surface area contributed by atoms with E-state index < -0.39 is 0 Å². The zero-order valence-electron chi connectivity index (χ0n) is 14.3. The Kier molecular flexibility index (Phi) is 5.97. The largest absolute Gasteiger partial charge is 0.494 e. The van der Waals surface area contributed by atoms with Crippen LogP contribution in [0.5, 0.6) is 5.75 Å². The molecule has 0 heterocycles. The van der Waals surface area contributed by atoms with E-state index in [9.17, 15) is 4.79 Å². The van der Waals surface area contributed by atoms with Gasteiger partial charge in [-0.3, -0.25) is 4.79 Å². The van der Waals surface area contributed by atoms with Crippen molar-refractivity contribution in [1.82, 2.24) is 4.90 Å². The first-order valence-electron chi connectivity index (χ1n) is 8.08. The van der Waals surface area contributed by atoms with Crippen LogP contribution in [0.4, 0.5) is 0 Å². The SMILES string of the molecule is CCOc1ccc(C(=O)N(Cc2ccc(C#N)cc2)C(C)C)cc1. The summed E-state index contributed by atoms with van der Waals surface area (Å²) in [6, 6.07) is 16.7. The molecule has 124 valence electrons. The lowest BCUT2D eigenvalue weighted by atomic mass is 10.1. The van der Waals surface area contributed by atoms with Gasteiger partial charge in [0.2, 0.25) is 0 Å². The zero-order chi connectivity index (χ0) is 17.5. The standard InChI is InChI=1S/C20H22N2O2/c1-4-24-19-11-9-18(10-12-19)20(23)22(15(2)3)14-17-7-5-16(13-21)6-8-17/h5-12,15H,4,14H2,1-3H3. The Morgan fingerprint density at radius 2 is 1.75 bits per heavy atom. The summed E-state index contributed by atoms with van der Waals surface area (Å²) in [4.78, 5) is 14.6. The first-order chi connectivity index (χ1) is 11.5. The maximum absolute atomic E-state index is 12.8. The van der Waals surface area contributed by atoms with Crippen LogP contribution in [0.3, 0.4) is 0 Å². The Labute approximate surface area is 143 Å². The summed E-state index contributed by atoms with van der Waals surface area (Å²) in [5.74, 6) is 0.745. The van der Waals surface area contributed by atoms with Crippen LogP contribution in [-0.2, 0) is 6.54 Å². The van der Waals surface area contributed by atoms with Gasteiger partial charge in [-0.15, -0.1) is 0 Å². The van der Waals surface area contributed by atoms with E-state index in [0.717, 1.165) is 11.3 Å². The number of amides is 1. The van der Waals surface area contributed by atoms with E-state index in [1.807, 2.05) is 49.9 Å². The third kappa shape index (κ3) is 4.36. The van der Waals surface area contributed by atoms with Gasteiger partial charge in [-0.2, -0.15) is 5.26 Å². The summed E-state index contributed by atoms with van der Waals surface area (Å²) >= 11 is 0. The fraction of sp³-hybridized carbons (Fsp3) is 0.300. The topological polar surface area (TPSA) is 53.3 Å². The van der Waals surface area contributed by atoms with Gasteiger partial charge in [-0.25, -0.2) is 0 Å². The summed E-state index contributed by atoms with van der Waals surface area (Å²) in [6.07, 6.45) is 0. The summed E-state index contributed by atoms with van der Waals surface area (Å²) < 4.78 is 5.41. The van der Waals surface area contributed by atoms with Crippen molar-refractivity contribution in [2.24, 2.45) is 0 Å². The number of hydrogen-bond donors (Lipinski definition) is 0. The third-order valence-electron chi connectivity index (χ3n) is 3.73. The van der Waals surface area contributed by atoms with Gasteiger partial charge in [0.15, 0.2) is 0 Å². The fourth-order valence-corrected chi connectivity index (χ4v) is 2.40. The third-order valence-corrected chi connectivity index (χ3v) is 3.73. The molecular weight excluding hydrogens is 300 g/mol. The van der Waals surface area contributed by atoms with Crippen molar-refractivity contribution in [1.29, 1.82) is 5.26 Å². The lowest BCUT2D eigenvalue weighted by molar-refractivity contribution is 0.0690. The first-order valence-corrected chi connectivity index (χ1v) is 8.08. The molecule has 0 aromatic heterocycles. The molecule has 0 fully saturated rings. The Morgan fingerprint density at radius 1 is 1.12 bits per heavy atom. The molecule has 0 aliphatic carbocycles. The first kappa shape index (κ1) is 17.6. The summed E-state index contributed by atoms with van der Waals surface area (Å²) in [7, 11) is 0. The highest BCUT2D eigenvalue weighted by molar-refractivity contribution is 5.94. The van der Waals surface area contributed by atoms with E-state index in [1.165, 1.54) is 0 Å². The van der Waals surface area contributed by atoms with Crippen molar-refractivity contribution >= 4 is 5.91 Å². The molecule has 0 saturated carbocycles. The van der Waals surface area contributed by atoms with Crippen molar-refractivity contribution < 1.29 is 9.53 Å². The maximum atomic E-state index is 12.8. The van der Waals surface area contributed by atoms with E-state index in [1.54, 1.807) is 24.3 Å². The smallest absolute Gasteiger partial charge is 0.254 e.